The van der Waals surface area contributed by atoms with E-state index in [1.807, 2.05) is 12.1 Å². The van der Waals surface area contributed by atoms with E-state index >= 15 is 0 Å². The van der Waals surface area contributed by atoms with Crippen LogP contribution in [0.15, 0.2) is 42.5 Å². The minimum atomic E-state index is -1.37. The maximum absolute atomic E-state index is 12.2. The van der Waals surface area contributed by atoms with Gasteiger partial charge in [-0.2, -0.15) is 0 Å². The third-order valence-electron chi connectivity index (χ3n) is 6.63. The Morgan fingerprint density at radius 3 is 1.98 bits per heavy atom. The number of nitrogens with one attached hydrogen (secondary N) is 1. The monoisotopic (exact) mass is 599 g/mol. The number of esters is 4. The maximum atomic E-state index is 12.2. The molecule has 1 saturated heterocycles. The lowest BCUT2D eigenvalue weighted by Crippen LogP contribution is -2.65. The number of amides is 1. The summed E-state index contributed by atoms with van der Waals surface area (Å²) in [6, 6.07) is 12.4. The van der Waals surface area contributed by atoms with E-state index in [0.29, 0.717) is 16.9 Å². The van der Waals surface area contributed by atoms with Crippen molar-refractivity contribution in [2.45, 2.75) is 84.8 Å². The summed E-state index contributed by atoms with van der Waals surface area (Å²) in [5.41, 5.74) is 2.78. The zero-order valence-electron chi connectivity index (χ0n) is 25.2. The molecule has 0 bridgehead atoms. The Morgan fingerprint density at radius 1 is 0.814 bits per heavy atom. The van der Waals surface area contributed by atoms with E-state index in [9.17, 15) is 24.0 Å². The van der Waals surface area contributed by atoms with Crippen molar-refractivity contribution in [1.29, 1.82) is 0 Å². The summed E-state index contributed by atoms with van der Waals surface area (Å²) < 4.78 is 34.5. The van der Waals surface area contributed by atoms with Gasteiger partial charge in [0.05, 0.1) is 0 Å². The fourth-order valence-corrected chi connectivity index (χ4v) is 4.86. The van der Waals surface area contributed by atoms with Crippen molar-refractivity contribution < 1.29 is 52.4 Å². The van der Waals surface area contributed by atoms with E-state index < -0.39 is 60.7 Å². The van der Waals surface area contributed by atoms with Crippen LogP contribution in [-0.4, -0.2) is 73.6 Å². The van der Waals surface area contributed by atoms with E-state index in [2.05, 4.69) is 5.32 Å². The summed E-state index contributed by atoms with van der Waals surface area (Å²) in [5, 5.41) is 2.60. The fourth-order valence-electron chi connectivity index (χ4n) is 4.86. The quantitative estimate of drug-likeness (QED) is 0.316. The minimum Gasteiger partial charge on any atom is -0.460 e. The molecule has 2 aromatic rings. The van der Waals surface area contributed by atoms with Gasteiger partial charge in [-0.3, -0.25) is 24.0 Å². The highest BCUT2D eigenvalue weighted by atomic mass is 16.7. The second-order valence-electron chi connectivity index (χ2n) is 10.0. The number of carbonyl (C=O) groups is 5. The molecule has 43 heavy (non-hydrogen) atoms. The molecular weight excluding hydrogens is 562 g/mol. The lowest BCUT2D eigenvalue weighted by atomic mass is 9.93. The summed E-state index contributed by atoms with van der Waals surface area (Å²) in [5.74, 6) is -2.66. The van der Waals surface area contributed by atoms with Crippen molar-refractivity contribution in [3.63, 3.8) is 0 Å². The summed E-state index contributed by atoms with van der Waals surface area (Å²) in [4.78, 5) is 60.5. The highest BCUT2D eigenvalue weighted by molar-refractivity contribution is 5.95. The van der Waals surface area contributed by atoms with Crippen LogP contribution in [0.5, 0.6) is 5.75 Å². The fraction of sp³-hybridized carbons (Fsp3) is 0.452. The first-order valence-electron chi connectivity index (χ1n) is 13.8. The summed E-state index contributed by atoms with van der Waals surface area (Å²) in [7, 11) is 1.56. The van der Waals surface area contributed by atoms with Crippen LogP contribution in [0.4, 0.5) is 0 Å². The van der Waals surface area contributed by atoms with Gasteiger partial charge in [-0.05, 0) is 54.3 Å². The van der Waals surface area contributed by atoms with Crippen molar-refractivity contribution in [2.75, 3.05) is 7.05 Å². The van der Waals surface area contributed by atoms with Crippen LogP contribution < -0.4 is 10.1 Å². The van der Waals surface area contributed by atoms with E-state index in [1.165, 1.54) is 6.92 Å². The van der Waals surface area contributed by atoms with E-state index in [4.69, 9.17) is 28.4 Å². The Balaban J connectivity index is 2.04. The Morgan fingerprint density at radius 2 is 1.42 bits per heavy atom. The molecule has 12 heteroatoms. The first-order valence-corrected chi connectivity index (χ1v) is 13.8. The summed E-state index contributed by atoms with van der Waals surface area (Å²) in [6.07, 6.45) is -7.21. The first-order chi connectivity index (χ1) is 20.3. The van der Waals surface area contributed by atoms with E-state index in [1.54, 1.807) is 51.2 Å². The molecule has 0 aromatic heterocycles. The highest BCUT2D eigenvalue weighted by Crippen LogP contribution is 2.35. The molecule has 1 fully saturated rings. The molecule has 6 unspecified atom stereocenters. The zero-order chi connectivity index (χ0) is 31.8. The lowest BCUT2D eigenvalue weighted by molar-refractivity contribution is -0.297. The number of rotatable bonds is 10. The molecule has 1 N–H and O–H groups in total. The van der Waals surface area contributed by atoms with Crippen molar-refractivity contribution in [1.82, 2.24) is 5.32 Å². The average molecular weight is 600 g/mol. The Hall–Kier alpha value is -4.45. The Bertz CT molecular complexity index is 1360. The number of benzene rings is 2. The molecule has 0 saturated carbocycles. The van der Waals surface area contributed by atoms with Crippen molar-refractivity contribution >= 4 is 29.8 Å². The molecule has 3 rings (SSSR count). The molecule has 1 aliphatic rings. The number of hydrogen-bond acceptors (Lipinski definition) is 11. The zero-order valence-corrected chi connectivity index (χ0v) is 25.2. The largest absolute Gasteiger partial charge is 0.460 e. The lowest BCUT2D eigenvalue weighted by Gasteiger charge is -2.46. The van der Waals surface area contributed by atoms with Crippen LogP contribution in [0.3, 0.4) is 0 Å². The second kappa shape index (κ2) is 14.6. The van der Waals surface area contributed by atoms with Crippen LogP contribution in [-0.2, 0) is 42.9 Å². The molecule has 6 atom stereocenters. The number of ether oxygens (including phenoxy) is 6. The SMILES string of the molecule is CCC(OC(C)=O)C1OC(Oc2ccc(-c3cccc(C(=O)NC)c3)cc2C)C(OC(C)=O)C(OC(C)=O)C1OC(C)=O. The molecule has 232 valence electrons. The molecule has 1 aliphatic heterocycles. The second-order valence-corrected chi connectivity index (χ2v) is 10.0. The average Bonchev–Trinajstić information content (AvgIpc) is 2.94. The Labute approximate surface area is 249 Å². The molecule has 1 amide bonds. The van der Waals surface area contributed by atoms with Crippen LogP contribution in [0.2, 0.25) is 0 Å². The number of hydrogen-bond donors (Lipinski definition) is 1. The van der Waals surface area contributed by atoms with Gasteiger partial charge in [0.1, 0.15) is 18.0 Å². The van der Waals surface area contributed by atoms with Crippen molar-refractivity contribution in [2.24, 2.45) is 0 Å². The molecular formula is C31H37NO11. The van der Waals surface area contributed by atoms with Crippen molar-refractivity contribution in [3.8, 4) is 16.9 Å². The van der Waals surface area contributed by atoms with Crippen molar-refractivity contribution in [3.05, 3.63) is 53.6 Å². The normalized spacial score (nSPS) is 22.0. The first kappa shape index (κ1) is 33.1. The van der Waals surface area contributed by atoms with Crippen LogP contribution in [0.1, 0.15) is 57.0 Å². The number of carbonyl (C=O) groups excluding carboxylic acids is 5. The third kappa shape index (κ3) is 8.54. The standard InChI is InChI=1S/C31H37NO11/c1-8-24(38-17(3)33)26-27(39-18(4)34)28(40-19(5)35)29(41-20(6)36)31(43-26)42-25-13-12-22(14-16(25)2)21-10-9-11-23(15-21)30(37)32-7/h9-15,24,26-29,31H,8H2,1-7H3,(H,32,37). The molecule has 12 nitrogen and oxygen atoms in total. The predicted octanol–water partition coefficient (Wildman–Crippen LogP) is 3.26. The minimum absolute atomic E-state index is 0.215. The van der Waals surface area contributed by atoms with Gasteiger partial charge in [0, 0.05) is 40.3 Å². The third-order valence-corrected chi connectivity index (χ3v) is 6.63. The maximum Gasteiger partial charge on any atom is 0.303 e. The van der Waals surface area contributed by atoms with E-state index in [-0.39, 0.29) is 12.3 Å². The van der Waals surface area contributed by atoms with Gasteiger partial charge in [-0.1, -0.05) is 25.1 Å². The molecule has 0 radical (unpaired) electrons. The van der Waals surface area contributed by atoms with Gasteiger partial charge in [0.15, 0.2) is 12.2 Å². The van der Waals surface area contributed by atoms with Gasteiger partial charge < -0.3 is 33.7 Å². The Kier molecular flexibility index (Phi) is 11.2. The van der Waals surface area contributed by atoms with Gasteiger partial charge in [-0.15, -0.1) is 0 Å². The smallest absolute Gasteiger partial charge is 0.303 e. The van der Waals surface area contributed by atoms with Gasteiger partial charge in [0.25, 0.3) is 5.91 Å². The van der Waals surface area contributed by atoms with Gasteiger partial charge in [0.2, 0.25) is 12.4 Å². The van der Waals surface area contributed by atoms with Crippen LogP contribution in [0.25, 0.3) is 11.1 Å². The summed E-state index contributed by atoms with van der Waals surface area (Å²) >= 11 is 0. The predicted molar refractivity (Wildman–Crippen MR) is 152 cm³/mol. The van der Waals surface area contributed by atoms with E-state index in [0.717, 1.165) is 31.9 Å². The topological polar surface area (TPSA) is 153 Å². The molecule has 0 aliphatic carbocycles. The summed E-state index contributed by atoms with van der Waals surface area (Å²) in [6.45, 7) is 8.23. The van der Waals surface area contributed by atoms with Crippen LogP contribution >= 0.6 is 0 Å². The van der Waals surface area contributed by atoms with Gasteiger partial charge in [-0.25, -0.2) is 0 Å². The molecule has 2 aromatic carbocycles. The highest BCUT2D eigenvalue weighted by Gasteiger charge is 2.55. The van der Waals surface area contributed by atoms with Crippen LogP contribution in [0, 0.1) is 6.92 Å². The van der Waals surface area contributed by atoms with Gasteiger partial charge >= 0.3 is 23.9 Å². The number of aryl methyl sites for hydroxylation is 1. The molecule has 1 heterocycles. The molecule has 0 spiro atoms.